The van der Waals surface area contributed by atoms with Crippen LogP contribution in [0.1, 0.15) is 15.9 Å². The molecule has 0 atom stereocenters. The van der Waals surface area contributed by atoms with Gasteiger partial charge in [-0.05, 0) is 19.1 Å². The molecule has 0 aliphatic carbocycles. The molecular weight excluding hydrogens is 235 g/mol. The van der Waals surface area contributed by atoms with Crippen molar-refractivity contribution in [1.82, 2.24) is 9.78 Å². The topological polar surface area (TPSA) is 72.9 Å². The molecule has 0 fully saturated rings. The average Bonchev–Trinajstić information content (AvgIpc) is 2.64. The molecule has 2 rings (SSSR count). The Morgan fingerprint density at radius 2 is 2.22 bits per heavy atom. The molecule has 3 N–H and O–H groups in total. The van der Waals surface area contributed by atoms with Crippen molar-refractivity contribution >= 4 is 17.4 Å². The SMILES string of the molecule is Cc1ccc(F)c(C(=O)Nc2c(N)cnn2C)c1. The minimum absolute atomic E-state index is 0.0180. The van der Waals surface area contributed by atoms with Crippen LogP contribution in [0.3, 0.4) is 0 Å². The number of amides is 1. The van der Waals surface area contributed by atoms with Crippen molar-refractivity contribution in [3.63, 3.8) is 0 Å². The first-order chi connectivity index (χ1) is 8.49. The lowest BCUT2D eigenvalue weighted by molar-refractivity contribution is 0.102. The second kappa shape index (κ2) is 4.48. The molecule has 18 heavy (non-hydrogen) atoms. The number of carbonyl (C=O) groups excluding carboxylic acids is 1. The van der Waals surface area contributed by atoms with Gasteiger partial charge >= 0.3 is 0 Å². The van der Waals surface area contributed by atoms with Crippen LogP contribution < -0.4 is 11.1 Å². The summed E-state index contributed by atoms with van der Waals surface area (Å²) in [4.78, 5) is 11.9. The Balaban J connectivity index is 2.30. The maximum atomic E-state index is 13.5. The van der Waals surface area contributed by atoms with Crippen LogP contribution in [0.4, 0.5) is 15.9 Å². The van der Waals surface area contributed by atoms with Crippen LogP contribution in [0, 0.1) is 12.7 Å². The van der Waals surface area contributed by atoms with Gasteiger partial charge in [-0.15, -0.1) is 0 Å². The predicted octanol–water partition coefficient (Wildman–Crippen LogP) is 1.70. The second-order valence-corrected chi connectivity index (χ2v) is 4.01. The highest BCUT2D eigenvalue weighted by atomic mass is 19.1. The van der Waals surface area contributed by atoms with Gasteiger partial charge < -0.3 is 11.1 Å². The number of nitrogens with one attached hydrogen (secondary N) is 1. The zero-order valence-electron chi connectivity index (χ0n) is 10.1. The molecule has 6 heteroatoms. The van der Waals surface area contributed by atoms with Crippen LogP contribution in [0.25, 0.3) is 0 Å². The van der Waals surface area contributed by atoms with Gasteiger partial charge in [0.2, 0.25) is 0 Å². The zero-order chi connectivity index (χ0) is 13.3. The molecule has 0 radical (unpaired) electrons. The molecule has 0 saturated carbocycles. The normalized spacial score (nSPS) is 10.4. The quantitative estimate of drug-likeness (QED) is 0.849. The van der Waals surface area contributed by atoms with Crippen molar-refractivity contribution in [2.45, 2.75) is 6.92 Å². The fourth-order valence-electron chi connectivity index (χ4n) is 1.60. The van der Waals surface area contributed by atoms with E-state index in [1.165, 1.54) is 23.0 Å². The van der Waals surface area contributed by atoms with Gasteiger partial charge in [-0.2, -0.15) is 5.10 Å². The minimum Gasteiger partial charge on any atom is -0.394 e. The van der Waals surface area contributed by atoms with Crippen LogP contribution >= 0.6 is 0 Å². The summed E-state index contributed by atoms with van der Waals surface area (Å²) in [6.45, 7) is 1.79. The first kappa shape index (κ1) is 12.1. The summed E-state index contributed by atoms with van der Waals surface area (Å²) in [6.07, 6.45) is 1.42. The van der Waals surface area contributed by atoms with E-state index in [4.69, 9.17) is 5.73 Å². The monoisotopic (exact) mass is 248 g/mol. The number of aromatic nitrogens is 2. The van der Waals surface area contributed by atoms with E-state index in [1.54, 1.807) is 20.0 Å². The summed E-state index contributed by atoms with van der Waals surface area (Å²) < 4.78 is 15.0. The Hall–Kier alpha value is -2.37. The Bertz CT molecular complexity index is 587. The lowest BCUT2D eigenvalue weighted by Crippen LogP contribution is -2.17. The Labute approximate surface area is 103 Å². The summed E-state index contributed by atoms with van der Waals surface area (Å²) in [5.74, 6) is -0.772. The molecule has 0 aliphatic rings. The summed E-state index contributed by atoms with van der Waals surface area (Å²) >= 11 is 0. The number of halogens is 1. The molecule has 1 aromatic heterocycles. The lowest BCUT2D eigenvalue weighted by Gasteiger charge is -2.08. The summed E-state index contributed by atoms with van der Waals surface area (Å²) in [7, 11) is 1.64. The van der Waals surface area contributed by atoms with E-state index in [0.717, 1.165) is 5.56 Å². The fraction of sp³-hybridized carbons (Fsp3) is 0.167. The average molecular weight is 248 g/mol. The van der Waals surface area contributed by atoms with Crippen molar-refractivity contribution in [2.24, 2.45) is 7.05 Å². The molecule has 0 saturated heterocycles. The molecule has 1 aromatic carbocycles. The van der Waals surface area contributed by atoms with Crippen molar-refractivity contribution < 1.29 is 9.18 Å². The maximum Gasteiger partial charge on any atom is 0.259 e. The molecule has 1 amide bonds. The molecule has 2 aromatic rings. The molecule has 0 bridgehead atoms. The molecule has 5 nitrogen and oxygen atoms in total. The van der Waals surface area contributed by atoms with E-state index in [1.807, 2.05) is 0 Å². The molecule has 0 spiro atoms. The first-order valence-corrected chi connectivity index (χ1v) is 5.34. The molecule has 0 aliphatic heterocycles. The molecule has 94 valence electrons. The number of benzene rings is 1. The van der Waals surface area contributed by atoms with Crippen molar-refractivity contribution in [1.29, 1.82) is 0 Å². The second-order valence-electron chi connectivity index (χ2n) is 4.01. The smallest absolute Gasteiger partial charge is 0.259 e. The summed E-state index contributed by atoms with van der Waals surface area (Å²) in [5, 5.41) is 6.43. The molecule has 0 unspecified atom stereocenters. The summed E-state index contributed by atoms with van der Waals surface area (Å²) in [5.41, 5.74) is 6.76. The number of anilines is 2. The number of hydrogen-bond donors (Lipinski definition) is 2. The van der Waals surface area contributed by atoms with E-state index in [-0.39, 0.29) is 5.56 Å². The fourth-order valence-corrected chi connectivity index (χ4v) is 1.60. The van der Waals surface area contributed by atoms with Gasteiger partial charge in [-0.1, -0.05) is 11.6 Å². The van der Waals surface area contributed by atoms with Crippen LogP contribution in [0.2, 0.25) is 0 Å². The Kier molecular flexibility index (Phi) is 3.01. The number of hydrogen-bond acceptors (Lipinski definition) is 3. The van der Waals surface area contributed by atoms with Crippen LogP contribution in [-0.2, 0) is 7.05 Å². The van der Waals surface area contributed by atoms with Gasteiger partial charge in [0.25, 0.3) is 5.91 Å². The van der Waals surface area contributed by atoms with Crippen LogP contribution in [-0.4, -0.2) is 15.7 Å². The van der Waals surface area contributed by atoms with Gasteiger partial charge in [0.1, 0.15) is 5.82 Å². The highest BCUT2D eigenvalue weighted by molar-refractivity contribution is 6.05. The number of nitrogens with zero attached hydrogens (tertiary/aromatic N) is 2. The van der Waals surface area contributed by atoms with Gasteiger partial charge in [0.05, 0.1) is 17.4 Å². The van der Waals surface area contributed by atoms with E-state index in [0.29, 0.717) is 11.5 Å². The van der Waals surface area contributed by atoms with Gasteiger partial charge in [-0.3, -0.25) is 9.48 Å². The van der Waals surface area contributed by atoms with Crippen LogP contribution in [0.5, 0.6) is 0 Å². The Morgan fingerprint density at radius 3 is 2.83 bits per heavy atom. The Morgan fingerprint density at radius 1 is 1.50 bits per heavy atom. The first-order valence-electron chi connectivity index (χ1n) is 5.34. The third-order valence-corrected chi connectivity index (χ3v) is 2.57. The highest BCUT2D eigenvalue weighted by Crippen LogP contribution is 2.18. The van der Waals surface area contributed by atoms with E-state index < -0.39 is 11.7 Å². The van der Waals surface area contributed by atoms with Crippen molar-refractivity contribution in [3.05, 3.63) is 41.3 Å². The molecular formula is C12H13FN4O. The number of nitrogens with two attached hydrogens (primary N) is 1. The third-order valence-electron chi connectivity index (χ3n) is 2.57. The zero-order valence-corrected chi connectivity index (χ0v) is 10.1. The predicted molar refractivity (Wildman–Crippen MR) is 66.7 cm³/mol. The number of aryl methyl sites for hydroxylation is 2. The number of rotatable bonds is 2. The number of nitrogen functional groups attached to an aromatic ring is 1. The standard InChI is InChI=1S/C12H13FN4O/c1-7-3-4-9(13)8(5-7)12(18)16-11-10(14)6-15-17(11)2/h3-6H,14H2,1-2H3,(H,16,18). The van der Waals surface area contributed by atoms with Crippen molar-refractivity contribution in [3.8, 4) is 0 Å². The van der Waals surface area contributed by atoms with E-state index in [2.05, 4.69) is 10.4 Å². The molecule has 1 heterocycles. The third kappa shape index (κ3) is 2.17. The van der Waals surface area contributed by atoms with Gasteiger partial charge in [0.15, 0.2) is 5.82 Å². The van der Waals surface area contributed by atoms with Crippen LogP contribution in [0.15, 0.2) is 24.4 Å². The minimum atomic E-state index is -0.571. The lowest BCUT2D eigenvalue weighted by atomic mass is 10.1. The summed E-state index contributed by atoms with van der Waals surface area (Å²) in [6, 6.07) is 4.35. The van der Waals surface area contributed by atoms with Gasteiger partial charge in [-0.25, -0.2) is 4.39 Å². The highest BCUT2D eigenvalue weighted by Gasteiger charge is 2.15. The maximum absolute atomic E-state index is 13.5. The number of carbonyl (C=O) groups is 1. The van der Waals surface area contributed by atoms with Gasteiger partial charge in [0, 0.05) is 7.05 Å². The van der Waals surface area contributed by atoms with E-state index in [9.17, 15) is 9.18 Å². The van der Waals surface area contributed by atoms with Crippen molar-refractivity contribution in [2.75, 3.05) is 11.1 Å². The largest absolute Gasteiger partial charge is 0.394 e. The van der Waals surface area contributed by atoms with E-state index >= 15 is 0 Å².